The van der Waals surface area contributed by atoms with Gasteiger partial charge in [0.05, 0.1) is 17.4 Å². The number of hydrogen-bond acceptors (Lipinski definition) is 6. The standard InChI is InChI=1S/C21H21N9O2/c1-28-19(25-26-27-28)14-3-2-4-16(11-14)24-21(32)30-9-7-29(8-10-30)20(31)15-5-6-17-18(12-15)23-13-22-17/h2-6,11-13H,7-10H2,1H3,(H,22,23)(H,24,32). The number of aromatic amines is 1. The molecule has 3 heterocycles. The van der Waals surface area contributed by atoms with Crippen LogP contribution < -0.4 is 5.32 Å². The van der Waals surface area contributed by atoms with Crippen LogP contribution >= 0.6 is 0 Å². The first-order chi connectivity index (χ1) is 15.6. The number of carbonyl (C=O) groups excluding carboxylic acids is 2. The summed E-state index contributed by atoms with van der Waals surface area (Å²) in [5.74, 6) is 0.563. The Balaban J connectivity index is 1.20. The average Bonchev–Trinajstić information content (AvgIpc) is 3.47. The smallest absolute Gasteiger partial charge is 0.321 e. The van der Waals surface area contributed by atoms with E-state index in [1.54, 1.807) is 33.9 Å². The van der Waals surface area contributed by atoms with E-state index in [-0.39, 0.29) is 11.9 Å². The second-order valence-electron chi connectivity index (χ2n) is 7.55. The van der Waals surface area contributed by atoms with Gasteiger partial charge in [-0.2, -0.15) is 0 Å². The monoisotopic (exact) mass is 431 g/mol. The number of aryl methyl sites for hydroxylation is 1. The number of nitrogens with zero attached hydrogens (tertiary/aromatic N) is 7. The third-order valence-corrected chi connectivity index (χ3v) is 5.51. The molecule has 162 valence electrons. The number of imidazole rings is 1. The Bertz CT molecular complexity index is 1290. The van der Waals surface area contributed by atoms with E-state index < -0.39 is 0 Å². The van der Waals surface area contributed by atoms with Gasteiger partial charge in [0.2, 0.25) is 0 Å². The molecule has 2 aromatic heterocycles. The van der Waals surface area contributed by atoms with Gasteiger partial charge < -0.3 is 20.1 Å². The Morgan fingerprint density at radius 2 is 1.84 bits per heavy atom. The molecule has 1 fully saturated rings. The molecule has 3 amide bonds. The number of amides is 3. The lowest BCUT2D eigenvalue weighted by Gasteiger charge is -2.34. The zero-order valence-corrected chi connectivity index (χ0v) is 17.4. The minimum absolute atomic E-state index is 0.0495. The third-order valence-electron chi connectivity index (χ3n) is 5.51. The fourth-order valence-corrected chi connectivity index (χ4v) is 3.78. The van der Waals surface area contributed by atoms with Crippen molar-refractivity contribution in [1.82, 2.24) is 40.0 Å². The van der Waals surface area contributed by atoms with Crippen molar-refractivity contribution in [3.05, 3.63) is 54.4 Å². The molecule has 0 bridgehead atoms. The Labute approximate surface area is 183 Å². The summed E-state index contributed by atoms with van der Waals surface area (Å²) in [5, 5.41) is 14.4. The van der Waals surface area contributed by atoms with Crippen molar-refractivity contribution in [2.24, 2.45) is 7.05 Å². The summed E-state index contributed by atoms with van der Waals surface area (Å²) in [7, 11) is 1.76. The molecule has 0 atom stereocenters. The Morgan fingerprint density at radius 3 is 2.62 bits per heavy atom. The van der Waals surface area contributed by atoms with Gasteiger partial charge in [-0.3, -0.25) is 4.79 Å². The highest BCUT2D eigenvalue weighted by Crippen LogP contribution is 2.20. The molecule has 0 spiro atoms. The van der Waals surface area contributed by atoms with Gasteiger partial charge in [0.15, 0.2) is 5.82 Å². The quantitative estimate of drug-likeness (QED) is 0.509. The summed E-state index contributed by atoms with van der Waals surface area (Å²) >= 11 is 0. The first-order valence-corrected chi connectivity index (χ1v) is 10.2. The van der Waals surface area contributed by atoms with E-state index in [4.69, 9.17) is 0 Å². The molecule has 32 heavy (non-hydrogen) atoms. The van der Waals surface area contributed by atoms with Crippen molar-refractivity contribution >= 4 is 28.7 Å². The van der Waals surface area contributed by atoms with E-state index >= 15 is 0 Å². The first-order valence-electron chi connectivity index (χ1n) is 10.2. The molecule has 0 unspecified atom stereocenters. The van der Waals surface area contributed by atoms with Crippen molar-refractivity contribution in [2.45, 2.75) is 0 Å². The molecule has 0 saturated carbocycles. The van der Waals surface area contributed by atoms with E-state index in [0.717, 1.165) is 16.6 Å². The van der Waals surface area contributed by atoms with Gasteiger partial charge in [-0.25, -0.2) is 14.5 Å². The van der Waals surface area contributed by atoms with Gasteiger partial charge in [-0.15, -0.1) is 5.10 Å². The van der Waals surface area contributed by atoms with E-state index in [2.05, 4.69) is 30.8 Å². The summed E-state index contributed by atoms with van der Waals surface area (Å²) in [6.07, 6.45) is 1.61. The number of hydrogen-bond donors (Lipinski definition) is 2. The van der Waals surface area contributed by atoms with Crippen LogP contribution in [0.5, 0.6) is 0 Å². The molecule has 1 aliphatic rings. The lowest BCUT2D eigenvalue weighted by atomic mass is 10.1. The van der Waals surface area contributed by atoms with Crippen LogP contribution in [0.15, 0.2) is 48.8 Å². The Kier molecular flexibility index (Phi) is 4.98. The summed E-state index contributed by atoms with van der Waals surface area (Å²) in [4.78, 5) is 36.3. The van der Waals surface area contributed by atoms with Gasteiger partial charge in [-0.1, -0.05) is 12.1 Å². The molecule has 5 rings (SSSR count). The number of anilines is 1. The number of H-pyrrole nitrogens is 1. The number of tetrazole rings is 1. The topological polar surface area (TPSA) is 125 Å². The summed E-state index contributed by atoms with van der Waals surface area (Å²) < 4.78 is 1.57. The van der Waals surface area contributed by atoms with Crippen LogP contribution in [0, 0.1) is 0 Å². The highest BCUT2D eigenvalue weighted by molar-refractivity contribution is 5.97. The van der Waals surface area contributed by atoms with Crippen LogP contribution in [-0.2, 0) is 7.05 Å². The third kappa shape index (κ3) is 3.75. The lowest BCUT2D eigenvalue weighted by Crippen LogP contribution is -2.51. The average molecular weight is 431 g/mol. The molecule has 2 N–H and O–H groups in total. The molecular formula is C21H21N9O2. The molecule has 1 saturated heterocycles. The molecule has 0 aliphatic carbocycles. The second kappa shape index (κ2) is 8.10. The van der Waals surface area contributed by atoms with Crippen molar-refractivity contribution in [3.8, 4) is 11.4 Å². The van der Waals surface area contributed by atoms with Gasteiger partial charge in [0.25, 0.3) is 5.91 Å². The number of urea groups is 1. The fourth-order valence-electron chi connectivity index (χ4n) is 3.78. The van der Waals surface area contributed by atoms with Gasteiger partial charge in [-0.05, 0) is 40.8 Å². The maximum atomic E-state index is 12.9. The molecular weight excluding hydrogens is 410 g/mol. The number of rotatable bonds is 3. The van der Waals surface area contributed by atoms with Gasteiger partial charge >= 0.3 is 6.03 Å². The SMILES string of the molecule is Cn1nnnc1-c1cccc(NC(=O)N2CCN(C(=O)c3ccc4nc[nH]c4c3)CC2)c1. The molecule has 2 aromatic carbocycles. The van der Waals surface area contributed by atoms with E-state index in [9.17, 15) is 9.59 Å². The molecule has 11 heteroatoms. The van der Waals surface area contributed by atoms with Crippen LogP contribution in [0.3, 0.4) is 0 Å². The number of piperazine rings is 1. The zero-order valence-electron chi connectivity index (χ0n) is 17.4. The predicted molar refractivity (Wildman–Crippen MR) is 117 cm³/mol. The molecule has 0 radical (unpaired) electrons. The Morgan fingerprint density at radius 1 is 1.03 bits per heavy atom. The van der Waals surface area contributed by atoms with Crippen LogP contribution in [0.4, 0.5) is 10.5 Å². The van der Waals surface area contributed by atoms with Crippen molar-refractivity contribution in [2.75, 3.05) is 31.5 Å². The Hall–Kier alpha value is -4.28. The lowest BCUT2D eigenvalue weighted by molar-refractivity contribution is 0.0672. The number of carbonyl (C=O) groups is 2. The number of nitrogens with one attached hydrogen (secondary N) is 2. The van der Waals surface area contributed by atoms with Crippen molar-refractivity contribution in [1.29, 1.82) is 0 Å². The van der Waals surface area contributed by atoms with E-state index in [1.807, 2.05) is 36.4 Å². The minimum atomic E-state index is -0.204. The van der Waals surface area contributed by atoms with E-state index in [0.29, 0.717) is 43.3 Å². The number of benzene rings is 2. The predicted octanol–water partition coefficient (Wildman–Crippen LogP) is 1.74. The van der Waals surface area contributed by atoms with Crippen LogP contribution in [-0.4, -0.2) is 78.1 Å². The largest absolute Gasteiger partial charge is 0.345 e. The van der Waals surface area contributed by atoms with Crippen LogP contribution in [0.1, 0.15) is 10.4 Å². The summed E-state index contributed by atoms with van der Waals surface area (Å²) in [6.45, 7) is 1.85. The second-order valence-corrected chi connectivity index (χ2v) is 7.55. The first kappa shape index (κ1) is 19.7. The minimum Gasteiger partial charge on any atom is -0.345 e. The van der Waals surface area contributed by atoms with Crippen molar-refractivity contribution in [3.63, 3.8) is 0 Å². The molecule has 4 aromatic rings. The highest BCUT2D eigenvalue weighted by atomic mass is 16.2. The highest BCUT2D eigenvalue weighted by Gasteiger charge is 2.25. The van der Waals surface area contributed by atoms with Crippen molar-refractivity contribution < 1.29 is 9.59 Å². The van der Waals surface area contributed by atoms with E-state index in [1.165, 1.54) is 0 Å². The van der Waals surface area contributed by atoms with Gasteiger partial charge in [0, 0.05) is 50.0 Å². The number of aromatic nitrogens is 6. The fraction of sp³-hybridized carbons (Fsp3) is 0.238. The van der Waals surface area contributed by atoms with Crippen LogP contribution in [0.25, 0.3) is 22.4 Å². The maximum Gasteiger partial charge on any atom is 0.321 e. The summed E-state index contributed by atoms with van der Waals surface area (Å²) in [6, 6.07) is 12.6. The normalized spacial score (nSPS) is 14.0. The zero-order chi connectivity index (χ0) is 22.1. The molecule has 11 nitrogen and oxygen atoms in total. The molecule has 1 aliphatic heterocycles. The maximum absolute atomic E-state index is 12.9. The number of fused-ring (bicyclic) bond motifs is 1. The summed E-state index contributed by atoms with van der Waals surface area (Å²) in [5.41, 5.74) is 3.72. The van der Waals surface area contributed by atoms with Crippen LogP contribution in [0.2, 0.25) is 0 Å². The van der Waals surface area contributed by atoms with Gasteiger partial charge in [0.1, 0.15) is 0 Å².